The quantitative estimate of drug-likeness (QED) is 0.167. The summed E-state index contributed by atoms with van der Waals surface area (Å²) in [6, 6.07) is 8.42. The van der Waals surface area contributed by atoms with E-state index in [1.807, 2.05) is 12.1 Å². The van der Waals surface area contributed by atoms with Crippen LogP contribution in [0.15, 0.2) is 29.3 Å². The number of ether oxygens (including phenoxy) is 2. The molecule has 184 valence electrons. The smallest absolute Gasteiger partial charge is 0.191 e. The normalized spacial score (nSPS) is 15.5. The summed E-state index contributed by atoms with van der Waals surface area (Å²) < 4.78 is 10.4. The van der Waals surface area contributed by atoms with Gasteiger partial charge in [-0.1, -0.05) is 12.1 Å². The van der Waals surface area contributed by atoms with Crippen LogP contribution in [0.4, 0.5) is 0 Å². The standard InChI is InChI=1S/C24H43N5O2.HI/c1-5-25-24(26-13-17-28(2)14-6-18-30-3)27-19-21-11-15-29(16-12-21)20-22-7-9-23(31-4)10-8-22;/h7-10,21H,5-6,11-20H2,1-4H3,(H2,25,26,27);1H. The van der Waals surface area contributed by atoms with Crippen LogP contribution in [0.3, 0.4) is 0 Å². The molecule has 1 saturated heterocycles. The fraction of sp³-hybridized carbons (Fsp3) is 0.708. The van der Waals surface area contributed by atoms with Gasteiger partial charge in [-0.05, 0) is 69.9 Å². The highest BCUT2D eigenvalue weighted by molar-refractivity contribution is 14.0. The molecule has 0 amide bonds. The van der Waals surface area contributed by atoms with Gasteiger partial charge >= 0.3 is 0 Å². The zero-order valence-corrected chi connectivity index (χ0v) is 22.8. The number of aliphatic imine (C=N–C) groups is 1. The van der Waals surface area contributed by atoms with Crippen LogP contribution in [0.1, 0.15) is 31.7 Å². The van der Waals surface area contributed by atoms with Crippen molar-refractivity contribution in [3.63, 3.8) is 0 Å². The molecule has 0 aromatic heterocycles. The number of guanidine groups is 1. The van der Waals surface area contributed by atoms with Gasteiger partial charge in [0.1, 0.15) is 5.75 Å². The average Bonchev–Trinajstić information content (AvgIpc) is 2.79. The molecule has 1 heterocycles. The molecular formula is C24H44IN5O2. The SMILES string of the molecule is CCNC(=NCC1CCN(Cc2ccc(OC)cc2)CC1)NCCN(C)CCCOC.I. The molecule has 0 aliphatic carbocycles. The zero-order chi connectivity index (χ0) is 22.3. The minimum atomic E-state index is 0. The van der Waals surface area contributed by atoms with Crippen LogP contribution >= 0.6 is 24.0 Å². The van der Waals surface area contributed by atoms with E-state index in [2.05, 4.69) is 46.5 Å². The lowest BCUT2D eigenvalue weighted by Crippen LogP contribution is -2.41. The van der Waals surface area contributed by atoms with Crippen molar-refractivity contribution in [2.45, 2.75) is 32.7 Å². The van der Waals surface area contributed by atoms with Gasteiger partial charge < -0.3 is 25.0 Å². The van der Waals surface area contributed by atoms with Crippen LogP contribution in [0.5, 0.6) is 5.75 Å². The molecule has 0 atom stereocenters. The Morgan fingerprint density at radius 3 is 2.47 bits per heavy atom. The second-order valence-electron chi connectivity index (χ2n) is 8.36. The Hall–Kier alpha value is -1.10. The van der Waals surface area contributed by atoms with E-state index in [-0.39, 0.29) is 24.0 Å². The second-order valence-corrected chi connectivity index (χ2v) is 8.36. The van der Waals surface area contributed by atoms with Crippen molar-refractivity contribution in [2.24, 2.45) is 10.9 Å². The third-order valence-corrected chi connectivity index (χ3v) is 5.80. The highest BCUT2D eigenvalue weighted by Gasteiger charge is 2.19. The lowest BCUT2D eigenvalue weighted by atomic mass is 9.96. The van der Waals surface area contributed by atoms with E-state index in [1.54, 1.807) is 14.2 Å². The summed E-state index contributed by atoms with van der Waals surface area (Å²) in [5, 5.41) is 6.86. The number of nitrogens with one attached hydrogen (secondary N) is 2. The molecule has 1 aromatic carbocycles. The van der Waals surface area contributed by atoms with Gasteiger partial charge in [0.05, 0.1) is 7.11 Å². The summed E-state index contributed by atoms with van der Waals surface area (Å²) in [6.07, 6.45) is 3.49. The van der Waals surface area contributed by atoms with Gasteiger partial charge in [-0.2, -0.15) is 0 Å². The zero-order valence-electron chi connectivity index (χ0n) is 20.4. The summed E-state index contributed by atoms with van der Waals surface area (Å²) >= 11 is 0. The van der Waals surface area contributed by atoms with Gasteiger partial charge in [0.25, 0.3) is 0 Å². The van der Waals surface area contributed by atoms with Crippen LogP contribution in [-0.2, 0) is 11.3 Å². The van der Waals surface area contributed by atoms with Crippen molar-refractivity contribution < 1.29 is 9.47 Å². The summed E-state index contributed by atoms with van der Waals surface area (Å²) in [5.41, 5.74) is 1.35. The van der Waals surface area contributed by atoms with Crippen LogP contribution in [-0.4, -0.2) is 89.4 Å². The molecule has 7 nitrogen and oxygen atoms in total. The van der Waals surface area contributed by atoms with Crippen molar-refractivity contribution >= 4 is 29.9 Å². The minimum Gasteiger partial charge on any atom is -0.497 e. The van der Waals surface area contributed by atoms with Gasteiger partial charge in [-0.15, -0.1) is 24.0 Å². The van der Waals surface area contributed by atoms with E-state index < -0.39 is 0 Å². The highest BCUT2D eigenvalue weighted by Crippen LogP contribution is 2.20. The van der Waals surface area contributed by atoms with Crippen LogP contribution < -0.4 is 15.4 Å². The first-order valence-electron chi connectivity index (χ1n) is 11.7. The highest BCUT2D eigenvalue weighted by atomic mass is 127. The molecule has 0 saturated carbocycles. The average molecular weight is 562 g/mol. The number of rotatable bonds is 13. The summed E-state index contributed by atoms with van der Waals surface area (Å²) in [4.78, 5) is 9.74. The summed E-state index contributed by atoms with van der Waals surface area (Å²) in [7, 11) is 5.62. The van der Waals surface area contributed by atoms with E-state index in [1.165, 1.54) is 18.4 Å². The molecule has 0 unspecified atom stereocenters. The predicted molar refractivity (Wildman–Crippen MR) is 144 cm³/mol. The van der Waals surface area contributed by atoms with Crippen molar-refractivity contribution in [3.05, 3.63) is 29.8 Å². The molecule has 1 aliphatic heterocycles. The second kappa shape index (κ2) is 17.4. The molecule has 32 heavy (non-hydrogen) atoms. The molecular weight excluding hydrogens is 517 g/mol. The topological polar surface area (TPSA) is 61.4 Å². The third kappa shape index (κ3) is 11.7. The van der Waals surface area contributed by atoms with Crippen LogP contribution in [0.25, 0.3) is 0 Å². The van der Waals surface area contributed by atoms with Crippen molar-refractivity contribution in [1.82, 2.24) is 20.4 Å². The van der Waals surface area contributed by atoms with Gasteiger partial charge in [0.15, 0.2) is 5.96 Å². The molecule has 0 bridgehead atoms. The van der Waals surface area contributed by atoms with Crippen molar-refractivity contribution in [2.75, 3.05) is 73.7 Å². The third-order valence-electron chi connectivity index (χ3n) is 5.80. The Kier molecular flexibility index (Phi) is 15.7. The number of methoxy groups -OCH3 is 2. The maximum atomic E-state index is 5.25. The number of benzene rings is 1. The van der Waals surface area contributed by atoms with Gasteiger partial charge in [-0.25, -0.2) is 0 Å². The summed E-state index contributed by atoms with van der Waals surface area (Å²) in [5.74, 6) is 2.52. The summed E-state index contributed by atoms with van der Waals surface area (Å²) in [6.45, 7) is 11.0. The monoisotopic (exact) mass is 561 g/mol. The maximum Gasteiger partial charge on any atom is 0.191 e. The number of likely N-dealkylation sites (N-methyl/N-ethyl adjacent to an activating group) is 1. The van der Waals surface area contributed by atoms with Gasteiger partial charge in [-0.3, -0.25) is 9.89 Å². The Bertz CT molecular complexity index is 621. The number of piperidine rings is 1. The first-order chi connectivity index (χ1) is 15.1. The van der Waals surface area contributed by atoms with Gasteiger partial charge in [0.2, 0.25) is 0 Å². The van der Waals surface area contributed by atoms with Crippen molar-refractivity contribution in [3.8, 4) is 5.75 Å². The van der Waals surface area contributed by atoms with E-state index in [4.69, 9.17) is 14.5 Å². The number of nitrogens with zero attached hydrogens (tertiary/aromatic N) is 3. The van der Waals surface area contributed by atoms with Crippen LogP contribution in [0.2, 0.25) is 0 Å². The number of hydrogen-bond donors (Lipinski definition) is 2. The predicted octanol–water partition coefficient (Wildman–Crippen LogP) is 3.05. The molecule has 0 radical (unpaired) electrons. The van der Waals surface area contributed by atoms with E-state index in [9.17, 15) is 0 Å². The molecule has 1 aromatic rings. The largest absolute Gasteiger partial charge is 0.497 e. The first kappa shape index (κ1) is 28.9. The molecule has 1 aliphatic rings. The number of likely N-dealkylation sites (tertiary alicyclic amines) is 1. The Morgan fingerprint density at radius 1 is 1.12 bits per heavy atom. The maximum absolute atomic E-state index is 5.25. The fourth-order valence-corrected chi connectivity index (χ4v) is 3.83. The van der Waals surface area contributed by atoms with E-state index in [0.717, 1.165) is 77.1 Å². The molecule has 8 heteroatoms. The number of halogens is 1. The molecule has 0 spiro atoms. The Morgan fingerprint density at radius 2 is 1.84 bits per heavy atom. The lowest BCUT2D eigenvalue weighted by Gasteiger charge is -2.31. The molecule has 2 rings (SSSR count). The van der Waals surface area contributed by atoms with Crippen molar-refractivity contribution in [1.29, 1.82) is 0 Å². The minimum absolute atomic E-state index is 0. The first-order valence-corrected chi connectivity index (χ1v) is 11.7. The number of hydrogen-bond acceptors (Lipinski definition) is 5. The van der Waals surface area contributed by atoms with E-state index >= 15 is 0 Å². The van der Waals surface area contributed by atoms with Gasteiger partial charge in [0, 0.05) is 53.0 Å². The molecule has 2 N–H and O–H groups in total. The molecule has 1 fully saturated rings. The van der Waals surface area contributed by atoms with Crippen LogP contribution in [0, 0.1) is 5.92 Å². The van der Waals surface area contributed by atoms with E-state index in [0.29, 0.717) is 5.92 Å². The fourth-order valence-electron chi connectivity index (χ4n) is 3.83. The lowest BCUT2D eigenvalue weighted by molar-refractivity contribution is 0.179. The Balaban J connectivity index is 0.00000512. The Labute approximate surface area is 212 Å².